The van der Waals surface area contributed by atoms with Gasteiger partial charge in [-0.2, -0.15) is 0 Å². The van der Waals surface area contributed by atoms with Crippen LogP contribution in [0.5, 0.6) is 0 Å². The molecule has 0 aliphatic carbocycles. The van der Waals surface area contributed by atoms with Gasteiger partial charge in [-0.05, 0) is 49.6 Å². The van der Waals surface area contributed by atoms with Crippen LogP contribution in [0.15, 0.2) is 42.5 Å². The molecule has 0 spiro atoms. The summed E-state index contributed by atoms with van der Waals surface area (Å²) in [6.45, 7) is 3.41. The quantitative estimate of drug-likeness (QED) is 0.765. The van der Waals surface area contributed by atoms with Gasteiger partial charge in [0, 0.05) is 31.7 Å². The lowest BCUT2D eigenvalue weighted by molar-refractivity contribution is -0.120. The lowest BCUT2D eigenvalue weighted by Gasteiger charge is -2.32. The van der Waals surface area contributed by atoms with E-state index in [0.29, 0.717) is 5.69 Å². The molecular formula is C21H23FN4O. The number of amides is 1. The number of imidazole rings is 1. The molecule has 6 heteroatoms. The minimum atomic E-state index is -0.340. The molecule has 0 unspecified atom stereocenters. The van der Waals surface area contributed by atoms with E-state index in [2.05, 4.69) is 20.9 Å². The monoisotopic (exact) mass is 366 g/mol. The van der Waals surface area contributed by atoms with Crippen LogP contribution in [0.1, 0.15) is 18.4 Å². The highest BCUT2D eigenvalue weighted by Gasteiger charge is 2.27. The van der Waals surface area contributed by atoms with Crippen molar-refractivity contribution in [3.8, 4) is 0 Å². The van der Waals surface area contributed by atoms with Gasteiger partial charge < -0.3 is 14.8 Å². The molecule has 1 aromatic heterocycles. The fourth-order valence-electron chi connectivity index (χ4n) is 3.72. The van der Waals surface area contributed by atoms with E-state index in [-0.39, 0.29) is 17.6 Å². The molecule has 0 atom stereocenters. The summed E-state index contributed by atoms with van der Waals surface area (Å²) in [6, 6.07) is 12.5. The van der Waals surface area contributed by atoms with E-state index in [1.807, 2.05) is 32.2 Å². The van der Waals surface area contributed by atoms with Crippen molar-refractivity contribution in [2.75, 3.05) is 23.3 Å². The highest BCUT2D eigenvalue weighted by molar-refractivity contribution is 5.93. The molecule has 5 nitrogen and oxygen atoms in total. The second kappa shape index (κ2) is 7.02. The number of aryl methyl sites for hydroxylation is 2. The molecule has 1 saturated heterocycles. The SMILES string of the molecule is Cc1ccc(F)cc1NC(=O)C1CCN(c2nc3ccccc3n2C)CC1. The average Bonchev–Trinajstić information content (AvgIpc) is 3.02. The van der Waals surface area contributed by atoms with E-state index in [9.17, 15) is 9.18 Å². The van der Waals surface area contributed by atoms with Crippen LogP contribution in [0.2, 0.25) is 0 Å². The molecule has 1 fully saturated rings. The number of benzene rings is 2. The summed E-state index contributed by atoms with van der Waals surface area (Å²) >= 11 is 0. The first-order valence-electron chi connectivity index (χ1n) is 9.26. The van der Waals surface area contributed by atoms with Crippen LogP contribution in [0.4, 0.5) is 16.0 Å². The Balaban J connectivity index is 1.43. The van der Waals surface area contributed by atoms with Crippen molar-refractivity contribution in [2.24, 2.45) is 13.0 Å². The van der Waals surface area contributed by atoms with Crippen molar-refractivity contribution in [3.63, 3.8) is 0 Å². The third-order valence-corrected chi connectivity index (χ3v) is 5.37. The second-order valence-electron chi connectivity index (χ2n) is 7.17. The Morgan fingerprint density at radius 3 is 2.67 bits per heavy atom. The van der Waals surface area contributed by atoms with Crippen molar-refractivity contribution >= 4 is 28.6 Å². The number of carbonyl (C=O) groups is 1. The number of nitrogens with zero attached hydrogens (tertiary/aromatic N) is 3. The number of anilines is 2. The highest BCUT2D eigenvalue weighted by atomic mass is 19.1. The first-order valence-corrected chi connectivity index (χ1v) is 9.26. The molecule has 27 heavy (non-hydrogen) atoms. The van der Waals surface area contributed by atoms with Crippen LogP contribution in [0.25, 0.3) is 11.0 Å². The molecule has 0 radical (unpaired) electrons. The smallest absolute Gasteiger partial charge is 0.227 e. The van der Waals surface area contributed by atoms with E-state index < -0.39 is 0 Å². The lowest BCUT2D eigenvalue weighted by Crippen LogP contribution is -2.39. The van der Waals surface area contributed by atoms with Crippen molar-refractivity contribution < 1.29 is 9.18 Å². The van der Waals surface area contributed by atoms with Gasteiger partial charge >= 0.3 is 0 Å². The Morgan fingerprint density at radius 1 is 1.19 bits per heavy atom. The van der Waals surface area contributed by atoms with Gasteiger partial charge in [-0.1, -0.05) is 18.2 Å². The highest BCUT2D eigenvalue weighted by Crippen LogP contribution is 2.27. The van der Waals surface area contributed by atoms with E-state index in [4.69, 9.17) is 4.98 Å². The zero-order chi connectivity index (χ0) is 19.0. The molecule has 140 valence electrons. The van der Waals surface area contributed by atoms with Crippen LogP contribution in [0, 0.1) is 18.7 Å². The summed E-state index contributed by atoms with van der Waals surface area (Å²) in [5.74, 6) is 0.496. The van der Waals surface area contributed by atoms with Gasteiger partial charge in [0.25, 0.3) is 0 Å². The predicted octanol–water partition coefficient (Wildman–Crippen LogP) is 3.88. The van der Waals surface area contributed by atoms with Crippen molar-refractivity contribution in [2.45, 2.75) is 19.8 Å². The van der Waals surface area contributed by atoms with Crippen molar-refractivity contribution in [1.82, 2.24) is 9.55 Å². The zero-order valence-electron chi connectivity index (χ0n) is 15.6. The van der Waals surface area contributed by atoms with Gasteiger partial charge in [-0.3, -0.25) is 4.79 Å². The van der Waals surface area contributed by atoms with Crippen molar-refractivity contribution in [1.29, 1.82) is 0 Å². The van der Waals surface area contributed by atoms with Gasteiger partial charge in [0.05, 0.1) is 11.0 Å². The molecular weight excluding hydrogens is 343 g/mol. The normalized spacial score (nSPS) is 15.3. The lowest BCUT2D eigenvalue weighted by atomic mass is 9.96. The summed E-state index contributed by atoms with van der Waals surface area (Å²) in [5, 5.41) is 2.89. The van der Waals surface area contributed by atoms with E-state index in [1.54, 1.807) is 6.07 Å². The van der Waals surface area contributed by atoms with Gasteiger partial charge in [0.15, 0.2) is 0 Å². The van der Waals surface area contributed by atoms with Gasteiger partial charge in [0.1, 0.15) is 5.82 Å². The minimum Gasteiger partial charge on any atom is -0.342 e. The van der Waals surface area contributed by atoms with Crippen LogP contribution in [-0.4, -0.2) is 28.5 Å². The molecule has 1 N–H and O–H groups in total. The number of nitrogens with one attached hydrogen (secondary N) is 1. The van der Waals surface area contributed by atoms with Gasteiger partial charge in [-0.15, -0.1) is 0 Å². The minimum absolute atomic E-state index is 0.0339. The molecule has 2 heterocycles. The number of fused-ring (bicyclic) bond motifs is 1. The van der Waals surface area contributed by atoms with E-state index in [1.165, 1.54) is 12.1 Å². The molecule has 2 aromatic carbocycles. The molecule has 1 aliphatic heterocycles. The number of halogens is 1. The standard InChI is InChI=1S/C21H23FN4O/c1-14-7-8-16(22)13-18(14)23-20(27)15-9-11-26(12-10-15)21-24-17-5-3-4-6-19(17)25(21)2/h3-8,13,15H,9-12H2,1-2H3,(H,23,27). The molecule has 1 amide bonds. The second-order valence-corrected chi connectivity index (χ2v) is 7.17. The Kier molecular flexibility index (Phi) is 4.56. The topological polar surface area (TPSA) is 50.2 Å². The predicted molar refractivity (Wildman–Crippen MR) is 105 cm³/mol. The summed E-state index contributed by atoms with van der Waals surface area (Å²) < 4.78 is 15.5. The van der Waals surface area contributed by atoms with Crippen LogP contribution < -0.4 is 10.2 Å². The molecule has 1 aliphatic rings. The molecule has 3 aromatic rings. The fourth-order valence-corrected chi connectivity index (χ4v) is 3.72. The average molecular weight is 366 g/mol. The number of carbonyl (C=O) groups excluding carboxylic acids is 1. The third kappa shape index (κ3) is 3.39. The van der Waals surface area contributed by atoms with Crippen LogP contribution >= 0.6 is 0 Å². The third-order valence-electron chi connectivity index (χ3n) is 5.37. The van der Waals surface area contributed by atoms with E-state index >= 15 is 0 Å². The summed E-state index contributed by atoms with van der Waals surface area (Å²) in [6.07, 6.45) is 1.51. The Bertz CT molecular complexity index is 989. The van der Waals surface area contributed by atoms with Crippen LogP contribution in [-0.2, 0) is 11.8 Å². The van der Waals surface area contributed by atoms with Crippen molar-refractivity contribution in [3.05, 3.63) is 53.8 Å². The summed E-state index contributed by atoms with van der Waals surface area (Å²) in [5.41, 5.74) is 3.50. The van der Waals surface area contributed by atoms with E-state index in [0.717, 1.165) is 48.5 Å². The Labute approximate surface area is 157 Å². The maximum absolute atomic E-state index is 13.4. The van der Waals surface area contributed by atoms with Gasteiger partial charge in [-0.25, -0.2) is 9.37 Å². The summed E-state index contributed by atoms with van der Waals surface area (Å²) in [4.78, 5) is 19.6. The molecule has 4 rings (SSSR count). The largest absolute Gasteiger partial charge is 0.342 e. The summed E-state index contributed by atoms with van der Waals surface area (Å²) in [7, 11) is 2.02. The first-order chi connectivity index (χ1) is 13.0. The number of aromatic nitrogens is 2. The number of piperidine rings is 1. The Hall–Kier alpha value is -2.89. The zero-order valence-corrected chi connectivity index (χ0v) is 15.6. The molecule has 0 saturated carbocycles. The number of hydrogen-bond acceptors (Lipinski definition) is 3. The fraction of sp³-hybridized carbons (Fsp3) is 0.333. The van der Waals surface area contributed by atoms with Gasteiger partial charge in [0.2, 0.25) is 11.9 Å². The number of hydrogen-bond donors (Lipinski definition) is 1. The maximum atomic E-state index is 13.4. The first kappa shape index (κ1) is 17.5. The number of para-hydroxylation sites is 2. The maximum Gasteiger partial charge on any atom is 0.227 e. The number of rotatable bonds is 3. The molecule has 0 bridgehead atoms. The van der Waals surface area contributed by atoms with Crippen LogP contribution in [0.3, 0.4) is 0 Å². The Morgan fingerprint density at radius 2 is 1.93 bits per heavy atom.